The van der Waals surface area contributed by atoms with Crippen molar-refractivity contribution < 1.29 is 4.74 Å². The van der Waals surface area contributed by atoms with Crippen LogP contribution in [-0.4, -0.2) is 18.8 Å². The van der Waals surface area contributed by atoms with Crippen LogP contribution in [0.25, 0.3) is 0 Å². The Labute approximate surface area is 104 Å². The molecule has 2 nitrogen and oxygen atoms in total. The smallest absolute Gasteiger partial charge is 0.0589 e. The summed E-state index contributed by atoms with van der Waals surface area (Å²) in [5, 5.41) is 0. The molecule has 0 spiro atoms. The maximum absolute atomic E-state index is 6.17. The maximum atomic E-state index is 6.17. The second-order valence-corrected chi connectivity index (χ2v) is 5.01. The van der Waals surface area contributed by atoms with Crippen LogP contribution in [0.2, 0.25) is 0 Å². The third-order valence-electron chi connectivity index (χ3n) is 3.49. The fourth-order valence-electron chi connectivity index (χ4n) is 2.45. The summed E-state index contributed by atoms with van der Waals surface area (Å²) < 4.78 is 5.72. The minimum absolute atomic E-state index is 0.276. The zero-order valence-electron chi connectivity index (χ0n) is 10.5. The molecule has 1 heterocycles. The molecule has 2 rings (SSSR count). The highest BCUT2D eigenvalue weighted by Crippen LogP contribution is 2.18. The van der Waals surface area contributed by atoms with Crippen molar-refractivity contribution in [3.63, 3.8) is 0 Å². The van der Waals surface area contributed by atoms with E-state index in [2.05, 4.69) is 30.3 Å². The van der Waals surface area contributed by atoms with Gasteiger partial charge in [0.2, 0.25) is 0 Å². The van der Waals surface area contributed by atoms with E-state index in [1.54, 1.807) is 0 Å². The second kappa shape index (κ2) is 6.77. The molecule has 0 saturated carbocycles. The molecule has 1 aromatic carbocycles. The van der Waals surface area contributed by atoms with E-state index in [1.807, 2.05) is 0 Å². The molecule has 0 aromatic heterocycles. The first-order chi connectivity index (χ1) is 8.34. The van der Waals surface area contributed by atoms with Crippen LogP contribution in [0, 0.1) is 0 Å². The predicted octanol–water partition coefficient (Wildman–Crippen LogP) is 2.91. The number of nitrogens with two attached hydrogens (primary N) is 1. The number of hydrogen-bond acceptors (Lipinski definition) is 2. The highest BCUT2D eigenvalue weighted by atomic mass is 16.5. The Balaban J connectivity index is 1.68. The molecule has 0 bridgehead atoms. The Kier molecular flexibility index (Phi) is 5.02. The summed E-state index contributed by atoms with van der Waals surface area (Å²) in [6, 6.07) is 10.8. The molecular weight excluding hydrogens is 210 g/mol. The van der Waals surface area contributed by atoms with Gasteiger partial charge >= 0.3 is 0 Å². The summed E-state index contributed by atoms with van der Waals surface area (Å²) in [5.41, 5.74) is 7.55. The van der Waals surface area contributed by atoms with Gasteiger partial charge in [-0.3, -0.25) is 0 Å². The number of benzene rings is 1. The van der Waals surface area contributed by atoms with E-state index in [9.17, 15) is 0 Å². The first-order valence-corrected chi connectivity index (χ1v) is 6.75. The second-order valence-electron chi connectivity index (χ2n) is 5.01. The van der Waals surface area contributed by atoms with E-state index in [0.29, 0.717) is 6.10 Å². The molecule has 1 saturated heterocycles. The minimum atomic E-state index is 0.276. The summed E-state index contributed by atoms with van der Waals surface area (Å²) in [6.45, 7) is 0.927. The van der Waals surface area contributed by atoms with Gasteiger partial charge < -0.3 is 10.5 Å². The molecular formula is C15H23NO. The Morgan fingerprint density at radius 1 is 1.24 bits per heavy atom. The molecule has 1 aliphatic heterocycles. The van der Waals surface area contributed by atoms with Gasteiger partial charge in [-0.1, -0.05) is 30.3 Å². The van der Waals surface area contributed by atoms with Crippen LogP contribution < -0.4 is 5.73 Å². The molecule has 94 valence electrons. The fraction of sp³-hybridized carbons (Fsp3) is 0.600. The highest BCUT2D eigenvalue weighted by molar-refractivity contribution is 5.14. The van der Waals surface area contributed by atoms with Crippen LogP contribution in [0.3, 0.4) is 0 Å². The minimum Gasteiger partial charge on any atom is -0.378 e. The third kappa shape index (κ3) is 4.49. The molecule has 1 aromatic rings. The van der Waals surface area contributed by atoms with Crippen LogP contribution in [0.4, 0.5) is 0 Å². The zero-order valence-corrected chi connectivity index (χ0v) is 10.5. The molecule has 1 aliphatic rings. The van der Waals surface area contributed by atoms with Gasteiger partial charge in [-0.05, 0) is 44.1 Å². The summed E-state index contributed by atoms with van der Waals surface area (Å²) in [4.78, 5) is 0. The van der Waals surface area contributed by atoms with E-state index in [-0.39, 0.29) is 6.04 Å². The van der Waals surface area contributed by atoms with E-state index >= 15 is 0 Å². The van der Waals surface area contributed by atoms with Gasteiger partial charge in [-0.2, -0.15) is 0 Å². The van der Waals surface area contributed by atoms with Gasteiger partial charge in [0.15, 0.2) is 0 Å². The standard InChI is InChI=1S/C15H23NO/c16-14(12-15-8-4-5-11-17-15)10-9-13-6-2-1-3-7-13/h1-3,6-7,14-15H,4-5,8-12,16H2. The lowest BCUT2D eigenvalue weighted by Crippen LogP contribution is -2.30. The van der Waals surface area contributed by atoms with Crippen LogP contribution in [0.1, 0.15) is 37.7 Å². The lowest BCUT2D eigenvalue weighted by Gasteiger charge is -2.25. The molecule has 0 radical (unpaired) electrons. The van der Waals surface area contributed by atoms with E-state index in [4.69, 9.17) is 10.5 Å². The van der Waals surface area contributed by atoms with E-state index in [0.717, 1.165) is 25.9 Å². The zero-order chi connectivity index (χ0) is 11.9. The van der Waals surface area contributed by atoms with Crippen LogP contribution in [-0.2, 0) is 11.2 Å². The number of aryl methyl sites for hydroxylation is 1. The van der Waals surface area contributed by atoms with Gasteiger partial charge in [-0.25, -0.2) is 0 Å². The van der Waals surface area contributed by atoms with Crippen molar-refractivity contribution in [1.29, 1.82) is 0 Å². The summed E-state index contributed by atoms with van der Waals surface area (Å²) in [7, 11) is 0. The van der Waals surface area contributed by atoms with E-state index < -0.39 is 0 Å². The number of ether oxygens (including phenoxy) is 1. The van der Waals surface area contributed by atoms with Gasteiger partial charge in [0.05, 0.1) is 6.10 Å². The van der Waals surface area contributed by atoms with Crippen LogP contribution in [0.5, 0.6) is 0 Å². The van der Waals surface area contributed by atoms with Crippen LogP contribution in [0.15, 0.2) is 30.3 Å². The molecule has 2 heteroatoms. The quantitative estimate of drug-likeness (QED) is 0.848. The largest absolute Gasteiger partial charge is 0.378 e. The Hall–Kier alpha value is -0.860. The first kappa shape index (κ1) is 12.6. The first-order valence-electron chi connectivity index (χ1n) is 6.75. The normalized spacial score (nSPS) is 22.3. The fourth-order valence-corrected chi connectivity index (χ4v) is 2.45. The molecule has 0 aliphatic carbocycles. The third-order valence-corrected chi connectivity index (χ3v) is 3.49. The summed E-state index contributed by atoms with van der Waals surface area (Å²) in [5.74, 6) is 0. The lowest BCUT2D eigenvalue weighted by atomic mass is 9.98. The Morgan fingerprint density at radius 3 is 2.76 bits per heavy atom. The highest BCUT2D eigenvalue weighted by Gasteiger charge is 2.16. The molecule has 2 N–H and O–H groups in total. The SMILES string of the molecule is NC(CCc1ccccc1)CC1CCCCO1. The predicted molar refractivity (Wildman–Crippen MR) is 70.9 cm³/mol. The maximum Gasteiger partial charge on any atom is 0.0589 e. The van der Waals surface area contributed by atoms with Crippen LogP contribution >= 0.6 is 0 Å². The van der Waals surface area contributed by atoms with Crippen molar-refractivity contribution in [3.05, 3.63) is 35.9 Å². The Bertz CT molecular complexity index is 306. The summed E-state index contributed by atoms with van der Waals surface area (Å²) >= 11 is 0. The van der Waals surface area contributed by atoms with Crippen molar-refractivity contribution in [2.24, 2.45) is 5.73 Å². The van der Waals surface area contributed by atoms with Crippen molar-refractivity contribution in [3.8, 4) is 0 Å². The van der Waals surface area contributed by atoms with Crippen molar-refractivity contribution in [2.45, 2.75) is 50.7 Å². The molecule has 1 fully saturated rings. The number of hydrogen-bond donors (Lipinski definition) is 1. The van der Waals surface area contributed by atoms with Crippen molar-refractivity contribution in [1.82, 2.24) is 0 Å². The molecule has 17 heavy (non-hydrogen) atoms. The number of rotatable bonds is 5. The van der Waals surface area contributed by atoms with Crippen molar-refractivity contribution in [2.75, 3.05) is 6.61 Å². The van der Waals surface area contributed by atoms with Gasteiger partial charge in [0.1, 0.15) is 0 Å². The average Bonchev–Trinajstić information content (AvgIpc) is 2.39. The van der Waals surface area contributed by atoms with Crippen molar-refractivity contribution >= 4 is 0 Å². The molecule has 2 unspecified atom stereocenters. The molecule has 2 atom stereocenters. The van der Waals surface area contributed by atoms with Gasteiger partial charge in [0, 0.05) is 12.6 Å². The van der Waals surface area contributed by atoms with Gasteiger partial charge in [-0.15, -0.1) is 0 Å². The summed E-state index contributed by atoms with van der Waals surface area (Å²) in [6.07, 6.45) is 7.28. The Morgan fingerprint density at radius 2 is 2.06 bits per heavy atom. The van der Waals surface area contributed by atoms with Gasteiger partial charge in [0.25, 0.3) is 0 Å². The topological polar surface area (TPSA) is 35.2 Å². The van der Waals surface area contributed by atoms with E-state index in [1.165, 1.54) is 24.8 Å². The average molecular weight is 233 g/mol. The molecule has 0 amide bonds. The lowest BCUT2D eigenvalue weighted by molar-refractivity contribution is 0.00704. The monoisotopic (exact) mass is 233 g/mol.